The quantitative estimate of drug-likeness (QED) is 0.260. The molecule has 2 aromatic carbocycles. The molecule has 0 spiro atoms. The first kappa shape index (κ1) is 27.4. The van der Waals surface area contributed by atoms with Crippen LogP contribution < -0.4 is 10.6 Å². The Morgan fingerprint density at radius 2 is 1.36 bits per heavy atom. The van der Waals surface area contributed by atoms with Gasteiger partial charge in [-0.1, -0.05) is 51.7 Å². The second-order valence-corrected chi connectivity index (χ2v) is 9.22. The van der Waals surface area contributed by atoms with Crippen LogP contribution in [0.2, 0.25) is 0 Å². The number of anilines is 1. The molecule has 2 aromatic rings. The standard InChI is InChI=1S/C29H40N4O3/c1-3-32(4-2)22-20-31-27(34)23-15-17-24(18-16-23)30-19-11-7-5-6-8-12-21-33-28(35)25-13-9-10-14-26(25)29(33)36/h9-10,13-18,30H,3-8,11-12,19-22H2,1-2H3,(H,31,34). The first-order valence-electron chi connectivity index (χ1n) is 13.3. The molecule has 3 amide bonds. The van der Waals surface area contributed by atoms with Crippen LogP contribution in [0.4, 0.5) is 5.69 Å². The smallest absolute Gasteiger partial charge is 0.261 e. The van der Waals surface area contributed by atoms with Crippen molar-refractivity contribution in [2.75, 3.05) is 44.6 Å². The highest BCUT2D eigenvalue weighted by atomic mass is 16.2. The largest absolute Gasteiger partial charge is 0.385 e. The van der Waals surface area contributed by atoms with Crippen molar-refractivity contribution in [3.63, 3.8) is 0 Å². The maximum absolute atomic E-state index is 12.4. The lowest BCUT2D eigenvalue weighted by Crippen LogP contribution is -2.34. The van der Waals surface area contributed by atoms with Crippen LogP contribution >= 0.6 is 0 Å². The number of imide groups is 1. The van der Waals surface area contributed by atoms with E-state index in [1.807, 2.05) is 24.3 Å². The normalized spacial score (nSPS) is 12.8. The molecule has 0 radical (unpaired) electrons. The Morgan fingerprint density at radius 3 is 1.97 bits per heavy atom. The van der Waals surface area contributed by atoms with Crippen molar-refractivity contribution >= 4 is 23.4 Å². The van der Waals surface area contributed by atoms with E-state index >= 15 is 0 Å². The van der Waals surface area contributed by atoms with Crippen LogP contribution in [0.25, 0.3) is 0 Å². The van der Waals surface area contributed by atoms with Gasteiger partial charge < -0.3 is 15.5 Å². The predicted molar refractivity (Wildman–Crippen MR) is 145 cm³/mol. The number of nitrogens with zero attached hydrogens (tertiary/aromatic N) is 2. The van der Waals surface area contributed by atoms with Crippen LogP contribution in [-0.2, 0) is 0 Å². The van der Waals surface area contributed by atoms with Crippen LogP contribution in [0.3, 0.4) is 0 Å². The molecule has 1 heterocycles. The number of amides is 3. The second kappa shape index (κ2) is 14.4. The van der Waals surface area contributed by atoms with Crippen LogP contribution in [-0.4, -0.2) is 66.8 Å². The Kier molecular flexibility index (Phi) is 11.0. The zero-order chi connectivity index (χ0) is 25.8. The average molecular weight is 493 g/mol. The number of hydrogen-bond donors (Lipinski definition) is 2. The summed E-state index contributed by atoms with van der Waals surface area (Å²) >= 11 is 0. The molecule has 36 heavy (non-hydrogen) atoms. The summed E-state index contributed by atoms with van der Waals surface area (Å²) in [6.45, 7) is 9.15. The van der Waals surface area contributed by atoms with Gasteiger partial charge in [-0.05, 0) is 62.3 Å². The fourth-order valence-corrected chi connectivity index (χ4v) is 4.49. The third-order valence-corrected chi connectivity index (χ3v) is 6.77. The second-order valence-electron chi connectivity index (χ2n) is 9.22. The third kappa shape index (κ3) is 7.65. The zero-order valence-corrected chi connectivity index (χ0v) is 21.7. The minimum atomic E-state index is -0.161. The van der Waals surface area contributed by atoms with Gasteiger partial charge in [0.05, 0.1) is 11.1 Å². The Balaban J connectivity index is 1.22. The van der Waals surface area contributed by atoms with Gasteiger partial charge in [0.15, 0.2) is 0 Å². The van der Waals surface area contributed by atoms with Gasteiger partial charge in [0.1, 0.15) is 0 Å². The number of carbonyl (C=O) groups is 3. The fraction of sp³-hybridized carbons (Fsp3) is 0.483. The molecule has 7 heteroatoms. The zero-order valence-electron chi connectivity index (χ0n) is 21.7. The Labute approximate surface area is 215 Å². The molecule has 0 bridgehead atoms. The molecule has 0 fully saturated rings. The van der Waals surface area contributed by atoms with Crippen molar-refractivity contribution < 1.29 is 14.4 Å². The van der Waals surface area contributed by atoms with Gasteiger partial charge in [0.2, 0.25) is 0 Å². The van der Waals surface area contributed by atoms with E-state index in [4.69, 9.17) is 0 Å². The Morgan fingerprint density at radius 1 is 0.778 bits per heavy atom. The third-order valence-electron chi connectivity index (χ3n) is 6.77. The molecule has 0 unspecified atom stereocenters. The molecular formula is C29H40N4O3. The number of carbonyl (C=O) groups excluding carboxylic acids is 3. The van der Waals surface area contributed by atoms with Gasteiger partial charge in [-0.3, -0.25) is 19.3 Å². The van der Waals surface area contributed by atoms with Crippen molar-refractivity contribution in [2.45, 2.75) is 52.4 Å². The summed E-state index contributed by atoms with van der Waals surface area (Å²) < 4.78 is 0. The molecule has 7 nitrogen and oxygen atoms in total. The van der Waals surface area contributed by atoms with Crippen LogP contribution in [0, 0.1) is 0 Å². The van der Waals surface area contributed by atoms with Crippen molar-refractivity contribution in [3.05, 3.63) is 65.2 Å². The number of rotatable bonds is 16. The first-order chi connectivity index (χ1) is 17.5. The van der Waals surface area contributed by atoms with E-state index in [0.29, 0.717) is 29.8 Å². The lowest BCUT2D eigenvalue weighted by Gasteiger charge is -2.18. The predicted octanol–water partition coefficient (Wildman–Crippen LogP) is 4.81. The molecule has 0 saturated carbocycles. The van der Waals surface area contributed by atoms with E-state index in [1.165, 1.54) is 4.90 Å². The van der Waals surface area contributed by atoms with Crippen LogP contribution in [0.1, 0.15) is 83.4 Å². The van der Waals surface area contributed by atoms with Gasteiger partial charge in [-0.25, -0.2) is 0 Å². The molecule has 0 saturated heterocycles. The summed E-state index contributed by atoms with van der Waals surface area (Å²) in [4.78, 5) is 40.7. The summed E-state index contributed by atoms with van der Waals surface area (Å²) in [5, 5.41) is 6.41. The van der Waals surface area contributed by atoms with E-state index < -0.39 is 0 Å². The molecule has 0 aliphatic carbocycles. The van der Waals surface area contributed by atoms with E-state index in [-0.39, 0.29) is 17.7 Å². The van der Waals surface area contributed by atoms with Crippen molar-refractivity contribution in [1.29, 1.82) is 0 Å². The topological polar surface area (TPSA) is 81.8 Å². The first-order valence-corrected chi connectivity index (χ1v) is 13.3. The summed E-state index contributed by atoms with van der Waals surface area (Å²) in [7, 11) is 0. The van der Waals surface area contributed by atoms with Gasteiger partial charge >= 0.3 is 0 Å². The average Bonchev–Trinajstić information content (AvgIpc) is 3.15. The summed E-state index contributed by atoms with van der Waals surface area (Å²) in [5.74, 6) is -0.354. The van der Waals surface area contributed by atoms with E-state index in [9.17, 15) is 14.4 Å². The highest BCUT2D eigenvalue weighted by Gasteiger charge is 2.34. The Hall–Kier alpha value is -3.19. The molecule has 1 aliphatic rings. The molecule has 0 aromatic heterocycles. The van der Waals surface area contributed by atoms with Gasteiger partial charge in [0, 0.05) is 37.4 Å². The molecule has 3 rings (SSSR count). The maximum atomic E-state index is 12.4. The highest BCUT2D eigenvalue weighted by molar-refractivity contribution is 6.21. The van der Waals surface area contributed by atoms with E-state index in [2.05, 4.69) is 29.4 Å². The van der Waals surface area contributed by atoms with Crippen molar-refractivity contribution in [3.8, 4) is 0 Å². The van der Waals surface area contributed by atoms with Gasteiger partial charge in [-0.2, -0.15) is 0 Å². The van der Waals surface area contributed by atoms with Gasteiger partial charge in [-0.15, -0.1) is 0 Å². The number of benzene rings is 2. The number of hydrogen-bond acceptors (Lipinski definition) is 5. The minimum absolute atomic E-state index is 0.0308. The summed E-state index contributed by atoms with van der Waals surface area (Å²) in [5.41, 5.74) is 2.76. The molecule has 1 aliphatic heterocycles. The van der Waals surface area contributed by atoms with Crippen LogP contribution in [0.15, 0.2) is 48.5 Å². The lowest BCUT2D eigenvalue weighted by atomic mass is 10.1. The summed E-state index contributed by atoms with van der Waals surface area (Å²) in [6, 6.07) is 14.7. The Bertz CT molecular complexity index is 967. The van der Waals surface area contributed by atoms with Crippen molar-refractivity contribution in [1.82, 2.24) is 15.1 Å². The minimum Gasteiger partial charge on any atom is -0.385 e. The molecule has 0 atom stereocenters. The molecular weight excluding hydrogens is 452 g/mol. The lowest BCUT2D eigenvalue weighted by molar-refractivity contribution is 0.0651. The maximum Gasteiger partial charge on any atom is 0.261 e. The number of nitrogens with one attached hydrogen (secondary N) is 2. The highest BCUT2D eigenvalue weighted by Crippen LogP contribution is 2.23. The van der Waals surface area contributed by atoms with Gasteiger partial charge in [0.25, 0.3) is 17.7 Å². The SMILES string of the molecule is CCN(CC)CCNC(=O)c1ccc(NCCCCCCCCN2C(=O)c3ccccc3C2=O)cc1. The van der Waals surface area contributed by atoms with Crippen molar-refractivity contribution in [2.24, 2.45) is 0 Å². The number of likely N-dealkylation sites (N-methyl/N-ethyl adjacent to an activating group) is 1. The molecule has 194 valence electrons. The number of fused-ring (bicyclic) bond motifs is 1. The van der Waals surface area contributed by atoms with E-state index in [1.54, 1.807) is 24.3 Å². The van der Waals surface area contributed by atoms with E-state index in [0.717, 1.165) is 70.4 Å². The fourth-order valence-electron chi connectivity index (χ4n) is 4.49. The monoisotopic (exact) mass is 492 g/mol. The summed E-state index contributed by atoms with van der Waals surface area (Å²) in [6.07, 6.45) is 6.30. The van der Waals surface area contributed by atoms with Crippen LogP contribution in [0.5, 0.6) is 0 Å². The molecule has 2 N–H and O–H groups in total. The number of unbranched alkanes of at least 4 members (excludes halogenated alkanes) is 5.